The Balaban J connectivity index is 2.04. The number of benzene rings is 1. The third-order valence-corrected chi connectivity index (χ3v) is 3.55. The van der Waals surface area contributed by atoms with E-state index in [0.717, 1.165) is 0 Å². The largest absolute Gasteiger partial charge is 0.405 e. The predicted molar refractivity (Wildman–Crippen MR) is 96.0 cm³/mol. The number of rotatable bonds is 5. The van der Waals surface area contributed by atoms with Crippen LogP contribution in [0.5, 0.6) is 0 Å². The Morgan fingerprint density at radius 1 is 0.963 bits per heavy atom. The zero-order valence-corrected chi connectivity index (χ0v) is 14.6. The van der Waals surface area contributed by atoms with Crippen molar-refractivity contribution in [2.24, 2.45) is 0 Å². The maximum Gasteiger partial charge on any atom is 0.405 e. The highest BCUT2D eigenvalue weighted by Crippen LogP contribution is 2.26. The summed E-state index contributed by atoms with van der Waals surface area (Å²) in [5.74, 6) is -0.173. The Labute approximate surface area is 152 Å². The van der Waals surface area contributed by atoms with Crippen LogP contribution in [0.2, 0.25) is 0 Å². The molecule has 0 aliphatic carbocycles. The molecule has 1 aromatic carbocycles. The first kappa shape index (κ1) is 18.8. The van der Waals surface area contributed by atoms with Gasteiger partial charge in [0.25, 0.3) is 0 Å². The summed E-state index contributed by atoms with van der Waals surface area (Å²) >= 11 is 0. The quantitative estimate of drug-likeness (QED) is 0.633. The summed E-state index contributed by atoms with van der Waals surface area (Å²) in [5.41, 5.74) is 2.09. The van der Waals surface area contributed by atoms with E-state index in [0.29, 0.717) is 28.1 Å². The first-order valence-electron chi connectivity index (χ1n) is 8.23. The predicted octanol–water partition coefficient (Wildman–Crippen LogP) is 4.63. The third kappa shape index (κ3) is 4.81. The van der Waals surface area contributed by atoms with Crippen LogP contribution in [0.3, 0.4) is 0 Å². The number of aromatic nitrogens is 3. The van der Waals surface area contributed by atoms with Crippen LogP contribution < -0.4 is 10.6 Å². The van der Waals surface area contributed by atoms with Crippen molar-refractivity contribution in [3.63, 3.8) is 0 Å². The van der Waals surface area contributed by atoms with E-state index in [1.54, 1.807) is 24.3 Å². The maximum atomic E-state index is 13.1. The maximum absolute atomic E-state index is 13.1. The number of hydrogen-bond acceptors (Lipinski definition) is 5. The van der Waals surface area contributed by atoms with E-state index in [1.165, 1.54) is 12.1 Å². The molecule has 9 heteroatoms. The lowest BCUT2D eigenvalue weighted by molar-refractivity contribution is -0.115. The van der Waals surface area contributed by atoms with Crippen LogP contribution >= 0.6 is 0 Å². The Hall–Kier alpha value is -2.97. The second kappa shape index (κ2) is 7.34. The zero-order chi connectivity index (χ0) is 19.6. The number of halogens is 4. The normalized spacial score (nSPS) is 11.8. The van der Waals surface area contributed by atoms with Gasteiger partial charge in [-0.3, -0.25) is 0 Å². The van der Waals surface area contributed by atoms with Crippen molar-refractivity contribution in [3.8, 4) is 11.3 Å². The summed E-state index contributed by atoms with van der Waals surface area (Å²) in [7, 11) is 0. The smallest absolute Gasteiger partial charge is 0.366 e. The molecule has 0 unspecified atom stereocenters. The molecule has 5 nitrogen and oxygen atoms in total. The fraction of sp³-hybridized carbons (Fsp3) is 0.278. The van der Waals surface area contributed by atoms with Gasteiger partial charge in [-0.25, -0.2) is 14.4 Å². The Morgan fingerprint density at radius 3 is 2.30 bits per heavy atom. The molecule has 0 saturated carbocycles. The molecule has 0 bridgehead atoms. The van der Waals surface area contributed by atoms with E-state index >= 15 is 0 Å². The van der Waals surface area contributed by atoms with E-state index in [2.05, 4.69) is 25.6 Å². The van der Waals surface area contributed by atoms with Crippen molar-refractivity contribution in [2.45, 2.75) is 26.1 Å². The molecule has 27 heavy (non-hydrogen) atoms. The Kier molecular flexibility index (Phi) is 5.11. The second-order valence-corrected chi connectivity index (χ2v) is 6.23. The minimum Gasteiger partial charge on any atom is -0.366 e. The van der Waals surface area contributed by atoms with E-state index in [4.69, 9.17) is 0 Å². The summed E-state index contributed by atoms with van der Waals surface area (Å²) in [6, 6.07) is 9.15. The molecule has 3 aromatic rings. The van der Waals surface area contributed by atoms with E-state index in [-0.39, 0.29) is 17.8 Å². The van der Waals surface area contributed by atoms with Gasteiger partial charge in [0.15, 0.2) is 5.82 Å². The minimum absolute atomic E-state index is 0.0187. The van der Waals surface area contributed by atoms with Gasteiger partial charge in [0.05, 0.1) is 11.2 Å². The number of hydrogen-bond donors (Lipinski definition) is 2. The van der Waals surface area contributed by atoms with E-state index in [1.807, 2.05) is 13.8 Å². The molecule has 142 valence electrons. The molecule has 2 aromatic heterocycles. The van der Waals surface area contributed by atoms with Crippen LogP contribution in [0.15, 0.2) is 36.4 Å². The van der Waals surface area contributed by atoms with Crippen LogP contribution in [0, 0.1) is 5.82 Å². The fourth-order valence-electron chi connectivity index (χ4n) is 2.43. The standard InChI is InChI=1S/C18H17F4N5/c1-10(2)24-16-15-14(26-17(27-16)23-9-18(20,21)22)8-7-13(25-15)11-3-5-12(19)6-4-11/h3-8,10H,9H2,1-2H3,(H2,23,24,26,27). The summed E-state index contributed by atoms with van der Waals surface area (Å²) < 4.78 is 50.5. The second-order valence-electron chi connectivity index (χ2n) is 6.23. The van der Waals surface area contributed by atoms with Crippen molar-refractivity contribution in [1.82, 2.24) is 15.0 Å². The lowest BCUT2D eigenvalue weighted by atomic mass is 10.1. The molecule has 2 N–H and O–H groups in total. The lowest BCUT2D eigenvalue weighted by Crippen LogP contribution is -2.23. The number of fused-ring (bicyclic) bond motifs is 1. The van der Waals surface area contributed by atoms with Crippen LogP contribution in [0.1, 0.15) is 13.8 Å². The molecule has 0 saturated heterocycles. The average molecular weight is 379 g/mol. The van der Waals surface area contributed by atoms with Gasteiger partial charge in [-0.15, -0.1) is 0 Å². The van der Waals surface area contributed by atoms with Gasteiger partial charge in [-0.05, 0) is 50.2 Å². The number of nitrogens with one attached hydrogen (secondary N) is 2. The summed E-state index contributed by atoms with van der Waals surface area (Å²) in [6.07, 6.45) is -4.38. The molecule has 0 fully saturated rings. The topological polar surface area (TPSA) is 62.7 Å². The van der Waals surface area contributed by atoms with Gasteiger partial charge >= 0.3 is 6.18 Å². The van der Waals surface area contributed by atoms with Crippen LogP contribution in [-0.2, 0) is 0 Å². The highest BCUT2D eigenvalue weighted by atomic mass is 19.4. The van der Waals surface area contributed by atoms with E-state index in [9.17, 15) is 17.6 Å². The van der Waals surface area contributed by atoms with Crippen LogP contribution in [0.25, 0.3) is 22.3 Å². The molecule has 0 spiro atoms. The van der Waals surface area contributed by atoms with Gasteiger partial charge in [0, 0.05) is 11.6 Å². The van der Waals surface area contributed by atoms with Crippen molar-refractivity contribution in [3.05, 3.63) is 42.2 Å². The molecule has 3 rings (SSSR count). The molecule has 0 amide bonds. The van der Waals surface area contributed by atoms with Crippen molar-refractivity contribution in [1.29, 1.82) is 0 Å². The average Bonchev–Trinajstić information content (AvgIpc) is 2.59. The molecule has 0 aliphatic rings. The van der Waals surface area contributed by atoms with Crippen LogP contribution in [0.4, 0.5) is 29.3 Å². The molecule has 0 atom stereocenters. The highest BCUT2D eigenvalue weighted by Gasteiger charge is 2.27. The highest BCUT2D eigenvalue weighted by molar-refractivity contribution is 5.88. The summed E-state index contributed by atoms with van der Waals surface area (Å²) in [4.78, 5) is 12.8. The molecular formula is C18H17F4N5. The lowest BCUT2D eigenvalue weighted by Gasteiger charge is -2.14. The fourth-order valence-corrected chi connectivity index (χ4v) is 2.43. The third-order valence-electron chi connectivity index (χ3n) is 3.55. The van der Waals surface area contributed by atoms with E-state index < -0.39 is 12.7 Å². The first-order chi connectivity index (χ1) is 12.7. The molecule has 0 radical (unpaired) electrons. The number of nitrogens with zero attached hydrogens (tertiary/aromatic N) is 3. The Bertz CT molecular complexity index is 939. The SMILES string of the molecule is CC(C)Nc1nc(NCC(F)(F)F)nc2ccc(-c3ccc(F)cc3)nc12. The van der Waals surface area contributed by atoms with Gasteiger partial charge in [0.2, 0.25) is 5.95 Å². The number of pyridine rings is 1. The van der Waals surface area contributed by atoms with Crippen molar-refractivity contribution in [2.75, 3.05) is 17.2 Å². The monoisotopic (exact) mass is 379 g/mol. The number of anilines is 2. The van der Waals surface area contributed by atoms with Crippen molar-refractivity contribution >= 4 is 22.8 Å². The zero-order valence-electron chi connectivity index (χ0n) is 14.6. The molecule has 2 heterocycles. The van der Waals surface area contributed by atoms with Gasteiger partial charge in [-0.2, -0.15) is 18.2 Å². The molecule has 0 aliphatic heterocycles. The number of alkyl halides is 3. The summed E-state index contributed by atoms with van der Waals surface area (Å²) in [5, 5.41) is 5.26. The summed E-state index contributed by atoms with van der Waals surface area (Å²) in [6.45, 7) is 2.52. The van der Waals surface area contributed by atoms with Gasteiger partial charge in [0.1, 0.15) is 17.9 Å². The van der Waals surface area contributed by atoms with Crippen LogP contribution in [-0.4, -0.2) is 33.7 Å². The first-order valence-corrected chi connectivity index (χ1v) is 8.23. The molecular weight excluding hydrogens is 362 g/mol. The van der Waals surface area contributed by atoms with Crippen molar-refractivity contribution < 1.29 is 17.6 Å². The van der Waals surface area contributed by atoms with Gasteiger partial charge < -0.3 is 10.6 Å². The Morgan fingerprint density at radius 2 is 1.67 bits per heavy atom. The minimum atomic E-state index is -4.38. The van der Waals surface area contributed by atoms with Gasteiger partial charge in [-0.1, -0.05) is 0 Å².